The van der Waals surface area contributed by atoms with Crippen LogP contribution in [0.5, 0.6) is 0 Å². The SMILES string of the molecule is Cc1cc(N2CC(S(N)(=O)=O)CC2=O)on1. The van der Waals surface area contributed by atoms with E-state index < -0.39 is 15.3 Å². The second-order valence-corrected chi connectivity index (χ2v) is 5.57. The molecule has 0 saturated carbocycles. The number of amides is 1. The number of sulfonamides is 1. The molecule has 1 aromatic heterocycles. The number of primary sulfonamides is 1. The van der Waals surface area contributed by atoms with Crippen molar-refractivity contribution in [1.82, 2.24) is 5.16 Å². The van der Waals surface area contributed by atoms with Crippen molar-refractivity contribution in [1.29, 1.82) is 0 Å². The largest absolute Gasteiger partial charge is 0.338 e. The second kappa shape index (κ2) is 3.56. The highest BCUT2D eigenvalue weighted by molar-refractivity contribution is 7.89. The first-order chi connectivity index (χ1) is 7.38. The number of rotatable bonds is 2. The quantitative estimate of drug-likeness (QED) is 0.747. The summed E-state index contributed by atoms with van der Waals surface area (Å²) < 4.78 is 27.1. The number of aryl methyl sites for hydroxylation is 1. The van der Waals surface area contributed by atoms with Crippen LogP contribution < -0.4 is 10.0 Å². The van der Waals surface area contributed by atoms with Gasteiger partial charge in [0.15, 0.2) is 0 Å². The van der Waals surface area contributed by atoms with E-state index in [1.165, 1.54) is 4.90 Å². The van der Waals surface area contributed by atoms with Crippen LogP contribution in [-0.2, 0) is 14.8 Å². The molecule has 0 spiro atoms. The summed E-state index contributed by atoms with van der Waals surface area (Å²) in [6, 6.07) is 1.57. The molecule has 7 nitrogen and oxygen atoms in total. The minimum atomic E-state index is -3.69. The number of carbonyl (C=O) groups is 1. The molecule has 0 aliphatic carbocycles. The zero-order valence-electron chi connectivity index (χ0n) is 8.58. The standard InChI is InChI=1S/C8H11N3O4S/c1-5-2-8(15-10-5)11-4-6(3-7(11)12)16(9,13)14/h2,6H,3-4H2,1H3,(H2,9,13,14). The van der Waals surface area contributed by atoms with Crippen LogP contribution in [0.2, 0.25) is 0 Å². The van der Waals surface area contributed by atoms with E-state index in [9.17, 15) is 13.2 Å². The van der Waals surface area contributed by atoms with Crippen LogP contribution in [-0.4, -0.2) is 31.3 Å². The molecule has 16 heavy (non-hydrogen) atoms. The van der Waals surface area contributed by atoms with Crippen LogP contribution in [0, 0.1) is 6.92 Å². The van der Waals surface area contributed by atoms with Gasteiger partial charge in [-0.05, 0) is 6.92 Å². The molecule has 88 valence electrons. The molecule has 1 aliphatic rings. The molecule has 1 saturated heterocycles. The summed E-state index contributed by atoms with van der Waals surface area (Å²) in [5.74, 6) is -0.0659. The fourth-order valence-corrected chi connectivity index (χ4v) is 2.32. The lowest BCUT2D eigenvalue weighted by Crippen LogP contribution is -2.31. The van der Waals surface area contributed by atoms with E-state index in [0.29, 0.717) is 5.69 Å². The Morgan fingerprint density at radius 3 is 2.75 bits per heavy atom. The van der Waals surface area contributed by atoms with Crippen molar-refractivity contribution in [2.24, 2.45) is 5.14 Å². The van der Waals surface area contributed by atoms with Gasteiger partial charge in [0.25, 0.3) is 0 Å². The minimum Gasteiger partial charge on any atom is -0.338 e. The van der Waals surface area contributed by atoms with E-state index in [4.69, 9.17) is 9.66 Å². The first-order valence-electron chi connectivity index (χ1n) is 4.63. The van der Waals surface area contributed by atoms with Crippen molar-refractivity contribution in [2.45, 2.75) is 18.6 Å². The van der Waals surface area contributed by atoms with E-state index in [1.54, 1.807) is 13.0 Å². The average molecular weight is 245 g/mol. The van der Waals surface area contributed by atoms with E-state index in [0.717, 1.165) is 0 Å². The van der Waals surface area contributed by atoms with Crippen LogP contribution in [0.25, 0.3) is 0 Å². The predicted molar refractivity (Wildman–Crippen MR) is 55.1 cm³/mol. The Morgan fingerprint density at radius 1 is 1.62 bits per heavy atom. The normalized spacial score (nSPS) is 21.8. The molecular formula is C8H11N3O4S. The summed E-state index contributed by atoms with van der Waals surface area (Å²) in [4.78, 5) is 12.8. The molecule has 1 unspecified atom stereocenters. The number of anilines is 1. The molecule has 8 heteroatoms. The average Bonchev–Trinajstić information content (AvgIpc) is 2.70. The number of hydrogen-bond donors (Lipinski definition) is 1. The van der Waals surface area contributed by atoms with Gasteiger partial charge in [-0.2, -0.15) is 0 Å². The Labute approximate surface area is 92.2 Å². The summed E-state index contributed by atoms with van der Waals surface area (Å²) in [5.41, 5.74) is 0.627. The maximum Gasteiger partial charge on any atom is 0.234 e. The molecule has 0 aromatic carbocycles. The highest BCUT2D eigenvalue weighted by Crippen LogP contribution is 2.24. The van der Waals surface area contributed by atoms with Gasteiger partial charge in [0, 0.05) is 19.0 Å². The lowest BCUT2D eigenvalue weighted by atomic mass is 10.4. The van der Waals surface area contributed by atoms with E-state index in [2.05, 4.69) is 5.16 Å². The summed E-state index contributed by atoms with van der Waals surface area (Å²) in [6.07, 6.45) is -0.113. The number of nitrogens with zero attached hydrogens (tertiary/aromatic N) is 2. The number of carbonyl (C=O) groups excluding carboxylic acids is 1. The monoisotopic (exact) mass is 245 g/mol. The Bertz CT molecular complexity index is 521. The third kappa shape index (κ3) is 1.93. The third-order valence-electron chi connectivity index (χ3n) is 2.44. The van der Waals surface area contributed by atoms with Gasteiger partial charge in [0.05, 0.1) is 5.69 Å². The minimum absolute atomic E-state index is 0.0201. The molecule has 2 rings (SSSR count). The van der Waals surface area contributed by atoms with Gasteiger partial charge >= 0.3 is 0 Å². The fraction of sp³-hybridized carbons (Fsp3) is 0.500. The van der Waals surface area contributed by atoms with Crippen LogP contribution >= 0.6 is 0 Å². The van der Waals surface area contributed by atoms with Crippen molar-refractivity contribution in [2.75, 3.05) is 11.4 Å². The molecule has 1 amide bonds. The van der Waals surface area contributed by atoms with E-state index in [-0.39, 0.29) is 24.8 Å². The maximum atomic E-state index is 11.6. The summed E-state index contributed by atoms with van der Waals surface area (Å²) in [7, 11) is -3.69. The molecule has 0 bridgehead atoms. The third-order valence-corrected chi connectivity index (χ3v) is 3.68. The second-order valence-electron chi connectivity index (χ2n) is 3.73. The Balaban J connectivity index is 2.24. The van der Waals surface area contributed by atoms with Crippen LogP contribution in [0.3, 0.4) is 0 Å². The van der Waals surface area contributed by atoms with E-state index in [1.807, 2.05) is 0 Å². The topological polar surface area (TPSA) is 106 Å². The molecule has 0 radical (unpaired) electrons. The van der Waals surface area contributed by atoms with Crippen molar-refractivity contribution in [3.63, 3.8) is 0 Å². The zero-order chi connectivity index (χ0) is 11.9. The smallest absolute Gasteiger partial charge is 0.234 e. The number of nitrogens with two attached hydrogens (primary N) is 1. The lowest BCUT2D eigenvalue weighted by molar-refractivity contribution is -0.117. The maximum absolute atomic E-state index is 11.6. The van der Waals surface area contributed by atoms with Gasteiger partial charge in [-0.25, -0.2) is 13.6 Å². The van der Waals surface area contributed by atoms with Crippen molar-refractivity contribution in [3.05, 3.63) is 11.8 Å². The van der Waals surface area contributed by atoms with Gasteiger partial charge in [-0.3, -0.25) is 9.69 Å². The number of hydrogen-bond acceptors (Lipinski definition) is 5. The number of aromatic nitrogens is 1. The van der Waals surface area contributed by atoms with Gasteiger partial charge < -0.3 is 4.52 Å². The first-order valence-corrected chi connectivity index (χ1v) is 6.24. The molecule has 1 fully saturated rings. The lowest BCUT2D eigenvalue weighted by Gasteiger charge is -2.10. The Hall–Kier alpha value is -1.41. The highest BCUT2D eigenvalue weighted by Gasteiger charge is 2.38. The van der Waals surface area contributed by atoms with Gasteiger partial charge in [-0.1, -0.05) is 5.16 Å². The summed E-state index contributed by atoms with van der Waals surface area (Å²) in [5, 5.41) is 7.76. The van der Waals surface area contributed by atoms with Crippen LogP contribution in [0.1, 0.15) is 12.1 Å². The first kappa shape index (κ1) is 11.1. The molecule has 2 N–H and O–H groups in total. The molecule has 1 aliphatic heterocycles. The molecule has 1 atom stereocenters. The predicted octanol–water partition coefficient (Wildman–Crippen LogP) is -0.623. The van der Waals surface area contributed by atoms with Gasteiger partial charge in [0.1, 0.15) is 5.25 Å². The van der Waals surface area contributed by atoms with E-state index >= 15 is 0 Å². The Morgan fingerprint density at radius 2 is 2.31 bits per heavy atom. The highest BCUT2D eigenvalue weighted by atomic mass is 32.2. The molecule has 1 aromatic rings. The summed E-state index contributed by atoms with van der Waals surface area (Å²) in [6.45, 7) is 1.73. The summed E-state index contributed by atoms with van der Waals surface area (Å²) >= 11 is 0. The van der Waals surface area contributed by atoms with Gasteiger partial charge in [-0.15, -0.1) is 0 Å². The molecule has 2 heterocycles. The van der Waals surface area contributed by atoms with Crippen LogP contribution in [0.4, 0.5) is 5.88 Å². The molecular weight excluding hydrogens is 234 g/mol. The Kier molecular flexibility index (Phi) is 2.47. The van der Waals surface area contributed by atoms with Crippen molar-refractivity contribution < 1.29 is 17.7 Å². The fourth-order valence-electron chi connectivity index (χ4n) is 1.59. The van der Waals surface area contributed by atoms with Crippen LogP contribution in [0.15, 0.2) is 10.6 Å². The zero-order valence-corrected chi connectivity index (χ0v) is 9.40. The van der Waals surface area contributed by atoms with Crippen molar-refractivity contribution >= 4 is 21.8 Å². The van der Waals surface area contributed by atoms with Gasteiger partial charge in [0.2, 0.25) is 21.8 Å². The van der Waals surface area contributed by atoms with Crippen molar-refractivity contribution in [3.8, 4) is 0 Å².